The largest absolute Gasteiger partial charge is 0.391 e. The van der Waals surface area contributed by atoms with Gasteiger partial charge in [-0.3, -0.25) is 9.52 Å². The van der Waals surface area contributed by atoms with E-state index in [0.717, 1.165) is 22.9 Å². The lowest BCUT2D eigenvalue weighted by molar-refractivity contribution is 0.171. The Labute approximate surface area is 181 Å². The maximum atomic E-state index is 12.3. The molecule has 1 unspecified atom stereocenters. The fourth-order valence-corrected chi connectivity index (χ4v) is 3.68. The van der Waals surface area contributed by atoms with Gasteiger partial charge < -0.3 is 10.4 Å². The molecule has 0 saturated carbocycles. The molecule has 1 atom stereocenters. The van der Waals surface area contributed by atoms with Gasteiger partial charge in [0.05, 0.1) is 25.1 Å². The van der Waals surface area contributed by atoms with Gasteiger partial charge in [-0.15, -0.1) is 0 Å². The Kier molecular flexibility index (Phi) is 7.56. The smallest absolute Gasteiger partial charge is 0.267 e. The summed E-state index contributed by atoms with van der Waals surface area (Å²) in [5.41, 5.74) is 2.92. The summed E-state index contributed by atoms with van der Waals surface area (Å²) in [4.78, 5) is 12.3. The molecule has 1 heterocycles. The van der Waals surface area contributed by atoms with Crippen molar-refractivity contribution in [2.24, 2.45) is 0 Å². The van der Waals surface area contributed by atoms with Crippen molar-refractivity contribution < 1.29 is 13.5 Å². The standard InChI is InChI=1S/C22H26N4O4S/c1-31(29,30)25-20-9-7-17(8-10-20)13-21(27)16-23-11-12-26-22(28)14-19(15-24-26)18-5-3-2-4-6-18/h2-10,14-15,21,23,25,27H,11-13,16H2,1H3. The van der Waals surface area contributed by atoms with Crippen molar-refractivity contribution in [1.82, 2.24) is 15.1 Å². The molecule has 0 fully saturated rings. The van der Waals surface area contributed by atoms with Crippen LogP contribution in [0.15, 0.2) is 71.7 Å². The van der Waals surface area contributed by atoms with Crippen LogP contribution >= 0.6 is 0 Å². The SMILES string of the molecule is CS(=O)(=O)Nc1ccc(CC(O)CNCCn2ncc(-c3ccccc3)cc2=O)cc1. The number of sulfonamides is 1. The lowest BCUT2D eigenvalue weighted by Crippen LogP contribution is -2.33. The molecule has 8 nitrogen and oxygen atoms in total. The minimum Gasteiger partial charge on any atom is -0.391 e. The number of nitrogens with one attached hydrogen (secondary N) is 2. The van der Waals surface area contributed by atoms with Crippen LogP contribution in [0.4, 0.5) is 5.69 Å². The van der Waals surface area contributed by atoms with Crippen LogP contribution in [0, 0.1) is 0 Å². The molecular weight excluding hydrogens is 416 g/mol. The summed E-state index contributed by atoms with van der Waals surface area (Å²) < 4.78 is 26.2. The van der Waals surface area contributed by atoms with E-state index in [0.29, 0.717) is 31.7 Å². The van der Waals surface area contributed by atoms with Crippen molar-refractivity contribution in [3.8, 4) is 11.1 Å². The second-order valence-electron chi connectivity index (χ2n) is 7.30. The summed E-state index contributed by atoms with van der Waals surface area (Å²) in [5, 5.41) is 17.6. The molecule has 0 radical (unpaired) electrons. The number of hydrogen-bond donors (Lipinski definition) is 3. The molecule has 0 spiro atoms. The molecule has 0 aliphatic carbocycles. The van der Waals surface area contributed by atoms with E-state index in [4.69, 9.17) is 0 Å². The summed E-state index contributed by atoms with van der Waals surface area (Å²) >= 11 is 0. The van der Waals surface area contributed by atoms with E-state index in [1.807, 2.05) is 30.3 Å². The first-order valence-corrected chi connectivity index (χ1v) is 11.8. The molecule has 0 aliphatic heterocycles. The second kappa shape index (κ2) is 10.3. The molecule has 3 N–H and O–H groups in total. The fraction of sp³-hybridized carbons (Fsp3) is 0.273. The molecule has 3 aromatic rings. The molecular formula is C22H26N4O4S. The van der Waals surface area contributed by atoms with Gasteiger partial charge in [-0.1, -0.05) is 42.5 Å². The van der Waals surface area contributed by atoms with Gasteiger partial charge >= 0.3 is 0 Å². The summed E-state index contributed by atoms with van der Waals surface area (Å²) in [6, 6.07) is 18.0. The molecule has 1 aromatic heterocycles. The van der Waals surface area contributed by atoms with E-state index in [1.165, 1.54) is 4.68 Å². The van der Waals surface area contributed by atoms with E-state index in [1.54, 1.807) is 36.5 Å². The summed E-state index contributed by atoms with van der Waals surface area (Å²) in [7, 11) is -3.31. The molecule has 0 aliphatic rings. The quantitative estimate of drug-likeness (QED) is 0.410. The second-order valence-corrected chi connectivity index (χ2v) is 9.05. The van der Waals surface area contributed by atoms with E-state index in [-0.39, 0.29) is 5.56 Å². The number of hydrogen-bond acceptors (Lipinski definition) is 6. The van der Waals surface area contributed by atoms with Crippen molar-refractivity contribution in [2.75, 3.05) is 24.1 Å². The van der Waals surface area contributed by atoms with Gasteiger partial charge in [0.1, 0.15) is 0 Å². The lowest BCUT2D eigenvalue weighted by Gasteiger charge is -2.13. The van der Waals surface area contributed by atoms with Gasteiger partial charge in [-0.25, -0.2) is 13.1 Å². The zero-order valence-electron chi connectivity index (χ0n) is 17.2. The monoisotopic (exact) mass is 442 g/mol. The van der Waals surface area contributed by atoms with Gasteiger partial charge in [-0.2, -0.15) is 5.10 Å². The van der Waals surface area contributed by atoms with E-state index in [9.17, 15) is 18.3 Å². The van der Waals surface area contributed by atoms with E-state index in [2.05, 4.69) is 15.1 Å². The van der Waals surface area contributed by atoms with Crippen molar-refractivity contribution in [2.45, 2.75) is 19.1 Å². The first kappa shape index (κ1) is 22.7. The first-order valence-electron chi connectivity index (χ1n) is 9.88. The fourth-order valence-electron chi connectivity index (χ4n) is 3.11. The molecule has 0 saturated heterocycles. The first-order chi connectivity index (χ1) is 14.8. The van der Waals surface area contributed by atoms with Gasteiger partial charge in [0.25, 0.3) is 5.56 Å². The number of nitrogens with zero attached hydrogens (tertiary/aromatic N) is 2. The third-order valence-corrected chi connectivity index (χ3v) is 5.19. The summed E-state index contributed by atoms with van der Waals surface area (Å²) in [6.45, 7) is 1.25. The minimum absolute atomic E-state index is 0.175. The third-order valence-electron chi connectivity index (χ3n) is 4.59. The number of aromatic nitrogens is 2. The van der Waals surface area contributed by atoms with Crippen LogP contribution in [-0.2, 0) is 23.0 Å². The predicted octanol–water partition coefficient (Wildman–Crippen LogP) is 1.47. The van der Waals surface area contributed by atoms with Crippen LogP contribution in [0.25, 0.3) is 11.1 Å². The highest BCUT2D eigenvalue weighted by molar-refractivity contribution is 7.92. The zero-order valence-corrected chi connectivity index (χ0v) is 18.0. The van der Waals surface area contributed by atoms with Crippen molar-refractivity contribution >= 4 is 15.7 Å². The Balaban J connectivity index is 1.44. The van der Waals surface area contributed by atoms with Crippen LogP contribution in [-0.4, -0.2) is 48.8 Å². The predicted molar refractivity (Wildman–Crippen MR) is 121 cm³/mol. The van der Waals surface area contributed by atoms with Gasteiger partial charge in [0.2, 0.25) is 10.0 Å². The molecule has 164 valence electrons. The number of rotatable bonds is 10. The van der Waals surface area contributed by atoms with E-state index >= 15 is 0 Å². The van der Waals surface area contributed by atoms with Crippen LogP contribution in [0.1, 0.15) is 5.56 Å². The zero-order chi connectivity index (χ0) is 22.3. The number of benzene rings is 2. The normalized spacial score (nSPS) is 12.5. The van der Waals surface area contributed by atoms with E-state index < -0.39 is 16.1 Å². The van der Waals surface area contributed by atoms with Gasteiger partial charge in [-0.05, 0) is 29.7 Å². The highest BCUT2D eigenvalue weighted by Gasteiger charge is 2.07. The van der Waals surface area contributed by atoms with Crippen LogP contribution < -0.4 is 15.6 Å². The van der Waals surface area contributed by atoms with Crippen LogP contribution in [0.3, 0.4) is 0 Å². The highest BCUT2D eigenvalue weighted by atomic mass is 32.2. The maximum Gasteiger partial charge on any atom is 0.267 e. The van der Waals surface area contributed by atoms with Crippen molar-refractivity contribution in [3.63, 3.8) is 0 Å². The lowest BCUT2D eigenvalue weighted by atomic mass is 10.1. The number of aliphatic hydroxyl groups excluding tert-OH is 1. The Morgan fingerprint density at radius 1 is 1.06 bits per heavy atom. The molecule has 3 rings (SSSR count). The number of aliphatic hydroxyl groups is 1. The van der Waals surface area contributed by atoms with Gasteiger partial charge in [0.15, 0.2) is 0 Å². The van der Waals surface area contributed by atoms with Crippen molar-refractivity contribution in [3.05, 3.63) is 82.8 Å². The molecule has 0 amide bonds. The minimum atomic E-state index is -3.31. The van der Waals surface area contributed by atoms with Gasteiger partial charge in [0, 0.05) is 30.4 Å². The highest BCUT2D eigenvalue weighted by Crippen LogP contribution is 2.15. The molecule has 9 heteroatoms. The van der Waals surface area contributed by atoms with Crippen molar-refractivity contribution in [1.29, 1.82) is 0 Å². The Bertz CT molecular complexity index is 1150. The maximum absolute atomic E-state index is 12.3. The molecule has 0 bridgehead atoms. The van der Waals surface area contributed by atoms with Crippen LogP contribution in [0.2, 0.25) is 0 Å². The molecule has 31 heavy (non-hydrogen) atoms. The average molecular weight is 443 g/mol. The summed E-state index contributed by atoms with van der Waals surface area (Å²) in [5.74, 6) is 0. The Morgan fingerprint density at radius 2 is 1.77 bits per heavy atom. The third kappa shape index (κ3) is 7.32. The number of anilines is 1. The molecule has 2 aromatic carbocycles. The van der Waals surface area contributed by atoms with Crippen LogP contribution in [0.5, 0.6) is 0 Å². The Morgan fingerprint density at radius 3 is 2.42 bits per heavy atom. The summed E-state index contributed by atoms with van der Waals surface area (Å²) in [6.07, 6.45) is 2.58. The topological polar surface area (TPSA) is 113 Å². The Hall–Kier alpha value is -3.01. The average Bonchev–Trinajstić information content (AvgIpc) is 2.73.